The van der Waals surface area contributed by atoms with E-state index in [4.69, 9.17) is 5.26 Å². The van der Waals surface area contributed by atoms with E-state index < -0.39 is 11.7 Å². The van der Waals surface area contributed by atoms with Crippen LogP contribution in [0.4, 0.5) is 0 Å². The smallest absolute Gasteiger partial charge is 0.115 e. The van der Waals surface area contributed by atoms with E-state index in [0.29, 0.717) is 29.9 Å². The average molecular weight is 327 g/mol. The fraction of sp³-hybridized carbons (Fsp3) is 0.650. The molecule has 0 amide bonds. The van der Waals surface area contributed by atoms with E-state index in [0.717, 1.165) is 19.3 Å². The zero-order valence-electron chi connectivity index (χ0n) is 14.0. The number of aliphatic hydroxyl groups is 2. The van der Waals surface area contributed by atoms with Crippen LogP contribution in [0.5, 0.6) is 5.75 Å². The number of aromatic hydroxyl groups is 1. The molecule has 3 aliphatic rings. The summed E-state index contributed by atoms with van der Waals surface area (Å²) >= 11 is 0. The Bertz CT molecular complexity index is 697. The highest BCUT2D eigenvalue weighted by atomic mass is 16.3. The number of phenolic OH excluding ortho intramolecular Hbond substituents is 1. The van der Waals surface area contributed by atoms with Crippen LogP contribution in [-0.4, -0.2) is 27.0 Å². The van der Waals surface area contributed by atoms with E-state index in [1.54, 1.807) is 6.07 Å². The molecule has 7 unspecified atom stereocenters. The summed E-state index contributed by atoms with van der Waals surface area (Å²) < 4.78 is 0. The third-order valence-corrected chi connectivity index (χ3v) is 7.08. The molecule has 0 heterocycles. The van der Waals surface area contributed by atoms with Crippen molar-refractivity contribution < 1.29 is 15.3 Å². The second-order valence-electron chi connectivity index (χ2n) is 8.17. The lowest BCUT2D eigenvalue weighted by molar-refractivity contribution is -0.0952. The molecule has 2 saturated carbocycles. The van der Waals surface area contributed by atoms with E-state index in [9.17, 15) is 15.3 Å². The number of phenols is 1. The lowest BCUT2D eigenvalue weighted by Crippen LogP contribution is -2.48. The Balaban J connectivity index is 1.71. The fourth-order valence-electron chi connectivity index (χ4n) is 6.09. The zero-order valence-corrected chi connectivity index (χ0v) is 14.0. The van der Waals surface area contributed by atoms with Crippen molar-refractivity contribution in [1.29, 1.82) is 5.26 Å². The van der Waals surface area contributed by atoms with Gasteiger partial charge in [-0.2, -0.15) is 5.26 Å². The van der Waals surface area contributed by atoms with Crippen LogP contribution >= 0.6 is 0 Å². The first-order valence-electron chi connectivity index (χ1n) is 9.05. The van der Waals surface area contributed by atoms with E-state index in [1.807, 2.05) is 6.07 Å². The minimum atomic E-state index is -1.24. The van der Waals surface area contributed by atoms with E-state index >= 15 is 0 Å². The average Bonchev–Trinajstić information content (AvgIpc) is 2.79. The summed E-state index contributed by atoms with van der Waals surface area (Å²) in [5.41, 5.74) is 1.33. The SMILES string of the molecule is CC1CC2C(CC(O)C2(O)CC#N)C2CCc3cc(O)ccc3C12. The van der Waals surface area contributed by atoms with Gasteiger partial charge >= 0.3 is 0 Å². The first-order chi connectivity index (χ1) is 11.5. The maximum Gasteiger partial charge on any atom is 0.115 e. The van der Waals surface area contributed by atoms with Gasteiger partial charge in [-0.25, -0.2) is 0 Å². The Morgan fingerprint density at radius 1 is 1.29 bits per heavy atom. The molecule has 128 valence electrons. The molecule has 1 aromatic carbocycles. The van der Waals surface area contributed by atoms with Gasteiger partial charge in [0.2, 0.25) is 0 Å². The van der Waals surface area contributed by atoms with Crippen molar-refractivity contribution in [1.82, 2.24) is 0 Å². The van der Waals surface area contributed by atoms with Crippen LogP contribution in [-0.2, 0) is 6.42 Å². The van der Waals surface area contributed by atoms with E-state index in [-0.39, 0.29) is 18.3 Å². The fourth-order valence-corrected chi connectivity index (χ4v) is 6.09. The predicted octanol–water partition coefficient (Wildman–Crippen LogP) is 2.72. The van der Waals surface area contributed by atoms with Crippen LogP contribution in [0.3, 0.4) is 0 Å². The van der Waals surface area contributed by atoms with E-state index in [1.165, 1.54) is 11.1 Å². The maximum absolute atomic E-state index is 11.0. The van der Waals surface area contributed by atoms with Crippen molar-refractivity contribution in [3.63, 3.8) is 0 Å². The topological polar surface area (TPSA) is 84.5 Å². The molecular formula is C20H25NO3. The molecule has 0 bridgehead atoms. The Morgan fingerprint density at radius 2 is 2.08 bits per heavy atom. The van der Waals surface area contributed by atoms with Gasteiger partial charge in [0.05, 0.1) is 18.6 Å². The molecule has 0 aromatic heterocycles. The molecule has 7 atom stereocenters. The number of rotatable bonds is 1. The number of aryl methyl sites for hydroxylation is 1. The van der Waals surface area contributed by atoms with Gasteiger partial charge in [-0.3, -0.25) is 0 Å². The van der Waals surface area contributed by atoms with E-state index in [2.05, 4.69) is 19.1 Å². The molecule has 3 aliphatic carbocycles. The molecule has 4 rings (SSSR count). The molecule has 3 N–H and O–H groups in total. The minimum absolute atomic E-state index is 0.0158. The molecule has 1 aromatic rings. The maximum atomic E-state index is 11.0. The van der Waals surface area contributed by atoms with Gasteiger partial charge in [-0.05, 0) is 78.5 Å². The van der Waals surface area contributed by atoms with Crippen molar-refractivity contribution in [2.45, 2.75) is 56.7 Å². The molecule has 4 heteroatoms. The van der Waals surface area contributed by atoms with Crippen LogP contribution in [0.15, 0.2) is 18.2 Å². The Hall–Kier alpha value is -1.57. The first-order valence-corrected chi connectivity index (χ1v) is 9.05. The van der Waals surface area contributed by atoms with Crippen molar-refractivity contribution in [2.24, 2.45) is 23.7 Å². The highest BCUT2D eigenvalue weighted by Crippen LogP contribution is 2.60. The van der Waals surface area contributed by atoms with Crippen LogP contribution in [0.1, 0.15) is 49.7 Å². The lowest BCUT2D eigenvalue weighted by atomic mass is 9.56. The van der Waals surface area contributed by atoms with Crippen molar-refractivity contribution in [3.05, 3.63) is 29.3 Å². The van der Waals surface area contributed by atoms with Gasteiger partial charge in [0.15, 0.2) is 0 Å². The second kappa shape index (κ2) is 5.47. The minimum Gasteiger partial charge on any atom is -0.508 e. The number of aliphatic hydroxyl groups excluding tert-OH is 1. The number of benzene rings is 1. The summed E-state index contributed by atoms with van der Waals surface area (Å²) in [5, 5.41) is 40.3. The molecule has 0 spiro atoms. The van der Waals surface area contributed by atoms with Gasteiger partial charge in [-0.1, -0.05) is 13.0 Å². The molecule has 0 saturated heterocycles. The number of hydrogen-bond donors (Lipinski definition) is 3. The Kier molecular flexibility index (Phi) is 3.63. The molecule has 4 nitrogen and oxygen atoms in total. The third-order valence-electron chi connectivity index (χ3n) is 7.08. The summed E-state index contributed by atoms with van der Waals surface area (Å²) in [6.45, 7) is 2.23. The van der Waals surface area contributed by atoms with Gasteiger partial charge in [0.25, 0.3) is 0 Å². The molecule has 24 heavy (non-hydrogen) atoms. The van der Waals surface area contributed by atoms with Crippen molar-refractivity contribution >= 4 is 0 Å². The summed E-state index contributed by atoms with van der Waals surface area (Å²) in [4.78, 5) is 0. The third kappa shape index (κ3) is 2.11. The van der Waals surface area contributed by atoms with Gasteiger partial charge < -0.3 is 15.3 Å². The lowest BCUT2D eigenvalue weighted by Gasteiger charge is -2.49. The van der Waals surface area contributed by atoms with Crippen LogP contribution < -0.4 is 0 Å². The number of nitrogens with zero attached hydrogens (tertiary/aromatic N) is 1. The molecule has 0 aliphatic heterocycles. The molecular weight excluding hydrogens is 302 g/mol. The molecule has 2 fully saturated rings. The summed E-state index contributed by atoms with van der Waals surface area (Å²) in [7, 11) is 0. The predicted molar refractivity (Wildman–Crippen MR) is 89.2 cm³/mol. The zero-order chi connectivity index (χ0) is 17.1. The van der Waals surface area contributed by atoms with Crippen LogP contribution in [0, 0.1) is 35.0 Å². The van der Waals surface area contributed by atoms with Gasteiger partial charge in [-0.15, -0.1) is 0 Å². The normalized spacial score (nSPS) is 43.4. The van der Waals surface area contributed by atoms with Gasteiger partial charge in [0.1, 0.15) is 11.4 Å². The number of fused-ring (bicyclic) bond motifs is 5. The largest absolute Gasteiger partial charge is 0.508 e. The monoisotopic (exact) mass is 327 g/mol. The number of nitriles is 1. The highest BCUT2D eigenvalue weighted by Gasteiger charge is 2.59. The summed E-state index contributed by atoms with van der Waals surface area (Å²) in [6.07, 6.45) is 2.64. The van der Waals surface area contributed by atoms with Crippen molar-refractivity contribution in [3.8, 4) is 11.8 Å². The first kappa shape index (κ1) is 15.9. The second-order valence-corrected chi connectivity index (χ2v) is 8.17. The van der Waals surface area contributed by atoms with Crippen LogP contribution in [0.25, 0.3) is 0 Å². The molecule has 0 radical (unpaired) electrons. The Labute approximate surface area is 142 Å². The number of hydrogen-bond acceptors (Lipinski definition) is 4. The quantitative estimate of drug-likeness (QED) is 0.740. The highest BCUT2D eigenvalue weighted by molar-refractivity contribution is 5.40. The van der Waals surface area contributed by atoms with Crippen molar-refractivity contribution in [2.75, 3.05) is 0 Å². The summed E-state index contributed by atoms with van der Waals surface area (Å²) in [6, 6.07) is 7.81. The summed E-state index contributed by atoms with van der Waals surface area (Å²) in [5.74, 6) is 1.89. The van der Waals surface area contributed by atoms with Gasteiger partial charge in [0, 0.05) is 0 Å². The Morgan fingerprint density at radius 3 is 2.83 bits per heavy atom. The standard InChI is InChI=1S/C20H25NO3/c1-11-8-17-16(10-18(23)20(17,24)6-7-21)15-4-2-12-9-13(22)3-5-14(12)19(11)15/h3,5,9,11,15-19,22-24H,2,4,6,8,10H2,1H3. The van der Waals surface area contributed by atoms with Crippen LogP contribution in [0.2, 0.25) is 0 Å².